The molecule has 4 nitrogen and oxygen atoms in total. The van der Waals surface area contributed by atoms with Crippen molar-refractivity contribution in [1.29, 1.82) is 0 Å². The highest BCUT2D eigenvalue weighted by atomic mass is 32.2. The Hall–Kier alpha value is -0.840. The van der Waals surface area contributed by atoms with Gasteiger partial charge in [0.05, 0.1) is 17.8 Å². The van der Waals surface area contributed by atoms with Gasteiger partial charge in [-0.3, -0.25) is 0 Å². The average molecular weight is 256 g/mol. The minimum absolute atomic E-state index is 0.0121. The Bertz CT molecular complexity index is 309. The van der Waals surface area contributed by atoms with E-state index in [1.54, 1.807) is 0 Å². The van der Waals surface area contributed by atoms with E-state index in [0.717, 1.165) is 31.4 Å². The van der Waals surface area contributed by atoms with Crippen LogP contribution in [0.1, 0.15) is 32.1 Å². The maximum Gasteiger partial charge on any atom is 0.315 e. The van der Waals surface area contributed by atoms with Gasteiger partial charge in [0, 0.05) is 17.4 Å². The van der Waals surface area contributed by atoms with Crippen LogP contribution in [-0.2, 0) is 0 Å². The summed E-state index contributed by atoms with van der Waals surface area (Å²) >= 11 is 1.96. The zero-order valence-corrected chi connectivity index (χ0v) is 10.8. The van der Waals surface area contributed by atoms with Gasteiger partial charge >= 0.3 is 6.03 Å². The van der Waals surface area contributed by atoms with Crippen molar-refractivity contribution in [3.63, 3.8) is 0 Å². The van der Waals surface area contributed by atoms with Gasteiger partial charge in [-0.2, -0.15) is 11.8 Å². The number of amides is 2. The minimum atomic E-state index is -0.0121. The number of unbranched alkanes of at least 4 members (excludes halogenated alkanes) is 2. The Balaban J connectivity index is 1.63. The van der Waals surface area contributed by atoms with Crippen molar-refractivity contribution < 1.29 is 9.90 Å². The molecular formula is C12H20N2O2S. The molecule has 2 heterocycles. The van der Waals surface area contributed by atoms with Crippen LogP contribution in [-0.4, -0.2) is 34.2 Å². The number of urea groups is 1. The van der Waals surface area contributed by atoms with Gasteiger partial charge in [0.15, 0.2) is 0 Å². The van der Waals surface area contributed by atoms with Crippen LogP contribution in [0.3, 0.4) is 0 Å². The maximum absolute atomic E-state index is 11.2. The first-order chi connectivity index (χ1) is 8.16. The van der Waals surface area contributed by atoms with Crippen molar-refractivity contribution >= 4 is 17.8 Å². The standard InChI is InChI=1S/C12H20N2O2S/c1-8(15)5-3-2-4-6-10-11-9(7-17-10)13-12(16)14-11/h9-11,15H,1-7H2,(H2,13,14,16). The van der Waals surface area contributed by atoms with Crippen LogP contribution in [0.4, 0.5) is 4.79 Å². The summed E-state index contributed by atoms with van der Waals surface area (Å²) in [7, 11) is 0. The van der Waals surface area contributed by atoms with Crippen LogP contribution in [0.25, 0.3) is 0 Å². The maximum atomic E-state index is 11.2. The summed E-state index contributed by atoms with van der Waals surface area (Å²) in [6, 6.07) is 0.636. The number of aliphatic hydroxyl groups excluding tert-OH is 1. The highest BCUT2D eigenvalue weighted by molar-refractivity contribution is 8.00. The van der Waals surface area contributed by atoms with E-state index >= 15 is 0 Å². The molecule has 0 aliphatic carbocycles. The van der Waals surface area contributed by atoms with Crippen molar-refractivity contribution in [2.24, 2.45) is 0 Å². The van der Waals surface area contributed by atoms with E-state index in [1.165, 1.54) is 0 Å². The van der Waals surface area contributed by atoms with Crippen LogP contribution in [0.5, 0.6) is 0 Å². The van der Waals surface area contributed by atoms with Gasteiger partial charge in [-0.15, -0.1) is 0 Å². The first-order valence-electron chi connectivity index (χ1n) is 6.22. The molecule has 0 bridgehead atoms. The number of rotatable bonds is 6. The Morgan fingerprint density at radius 2 is 2.24 bits per heavy atom. The van der Waals surface area contributed by atoms with Gasteiger partial charge < -0.3 is 15.7 Å². The van der Waals surface area contributed by atoms with E-state index in [9.17, 15) is 4.79 Å². The second kappa shape index (κ2) is 5.67. The van der Waals surface area contributed by atoms with Crippen LogP contribution in [0, 0.1) is 0 Å². The van der Waals surface area contributed by atoms with Crippen molar-refractivity contribution in [3.05, 3.63) is 12.3 Å². The molecule has 0 radical (unpaired) electrons. The van der Waals surface area contributed by atoms with Crippen molar-refractivity contribution in [3.8, 4) is 0 Å². The number of hydrogen-bond acceptors (Lipinski definition) is 3. The molecule has 2 fully saturated rings. The summed E-state index contributed by atoms with van der Waals surface area (Å²) in [4.78, 5) is 11.2. The van der Waals surface area contributed by atoms with Gasteiger partial charge in [-0.05, 0) is 12.8 Å². The summed E-state index contributed by atoms with van der Waals surface area (Å²) in [6.07, 6.45) is 5.14. The number of thioether (sulfide) groups is 1. The number of carbonyl (C=O) groups is 1. The highest BCUT2D eigenvalue weighted by Crippen LogP contribution is 2.33. The molecule has 2 saturated heterocycles. The van der Waals surface area contributed by atoms with E-state index in [4.69, 9.17) is 5.11 Å². The van der Waals surface area contributed by atoms with Crippen LogP contribution in [0.2, 0.25) is 0 Å². The highest BCUT2D eigenvalue weighted by Gasteiger charge is 2.42. The Labute approximate surface area is 106 Å². The molecule has 2 aliphatic rings. The molecular weight excluding hydrogens is 236 g/mol. The normalized spacial score (nSPS) is 30.8. The lowest BCUT2D eigenvalue weighted by Gasteiger charge is -2.16. The lowest BCUT2D eigenvalue weighted by Crippen LogP contribution is -2.36. The van der Waals surface area contributed by atoms with Gasteiger partial charge in [-0.1, -0.05) is 19.4 Å². The zero-order chi connectivity index (χ0) is 12.3. The Morgan fingerprint density at radius 3 is 3.00 bits per heavy atom. The van der Waals surface area contributed by atoms with Gasteiger partial charge in [0.25, 0.3) is 0 Å². The van der Waals surface area contributed by atoms with Gasteiger partial charge in [0.1, 0.15) is 0 Å². The van der Waals surface area contributed by atoms with Crippen molar-refractivity contribution in [1.82, 2.24) is 10.6 Å². The molecule has 2 amide bonds. The Morgan fingerprint density at radius 1 is 1.41 bits per heavy atom. The molecule has 17 heavy (non-hydrogen) atoms. The lowest BCUT2D eigenvalue weighted by molar-refractivity contribution is 0.247. The fourth-order valence-corrected chi connectivity index (χ4v) is 4.04. The predicted octanol–water partition coefficient (Wildman–Crippen LogP) is 2.17. The number of carbonyl (C=O) groups excluding carboxylic acids is 1. The second-order valence-corrected chi connectivity index (χ2v) is 6.06. The number of allylic oxidation sites excluding steroid dienone is 1. The molecule has 2 aliphatic heterocycles. The molecule has 0 aromatic carbocycles. The summed E-state index contributed by atoms with van der Waals surface area (Å²) in [5.41, 5.74) is 0. The van der Waals surface area contributed by atoms with Crippen LogP contribution < -0.4 is 10.6 Å². The van der Waals surface area contributed by atoms with Crippen LogP contribution >= 0.6 is 11.8 Å². The number of aliphatic hydroxyl groups is 1. The summed E-state index contributed by atoms with van der Waals surface area (Å²) in [6.45, 7) is 3.48. The predicted molar refractivity (Wildman–Crippen MR) is 70.3 cm³/mol. The molecule has 0 saturated carbocycles. The number of nitrogens with one attached hydrogen (secondary N) is 2. The quantitative estimate of drug-likeness (QED) is 0.388. The number of hydrogen-bond donors (Lipinski definition) is 3. The third-order valence-electron chi connectivity index (χ3n) is 3.39. The molecule has 2 rings (SSSR count). The third kappa shape index (κ3) is 3.31. The topological polar surface area (TPSA) is 61.4 Å². The molecule has 3 unspecified atom stereocenters. The summed E-state index contributed by atoms with van der Waals surface area (Å²) < 4.78 is 0. The van der Waals surface area contributed by atoms with E-state index in [1.807, 2.05) is 11.8 Å². The van der Waals surface area contributed by atoms with Gasteiger partial charge in [-0.25, -0.2) is 4.79 Å². The number of fused-ring (bicyclic) bond motifs is 1. The van der Waals surface area contributed by atoms with E-state index in [2.05, 4.69) is 17.2 Å². The fourth-order valence-electron chi connectivity index (χ4n) is 2.49. The second-order valence-electron chi connectivity index (χ2n) is 4.79. The van der Waals surface area contributed by atoms with Gasteiger partial charge in [0.2, 0.25) is 0 Å². The molecule has 0 aromatic rings. The molecule has 0 aromatic heterocycles. The SMILES string of the molecule is C=C(O)CCCCCC1SCC2NC(=O)NC21. The van der Waals surface area contributed by atoms with Crippen molar-refractivity contribution in [2.45, 2.75) is 49.4 Å². The largest absolute Gasteiger partial charge is 0.513 e. The molecule has 5 heteroatoms. The minimum Gasteiger partial charge on any atom is -0.513 e. The molecule has 3 atom stereocenters. The Kier molecular flexibility index (Phi) is 4.20. The summed E-state index contributed by atoms with van der Waals surface area (Å²) in [5.74, 6) is 1.31. The monoisotopic (exact) mass is 256 g/mol. The first-order valence-corrected chi connectivity index (χ1v) is 7.27. The first kappa shape index (κ1) is 12.6. The van der Waals surface area contributed by atoms with Crippen molar-refractivity contribution in [2.75, 3.05) is 5.75 Å². The molecule has 0 spiro atoms. The molecule has 96 valence electrons. The lowest BCUT2D eigenvalue weighted by atomic mass is 10.0. The zero-order valence-electron chi connectivity index (χ0n) is 9.95. The molecule has 3 N–H and O–H groups in total. The smallest absolute Gasteiger partial charge is 0.315 e. The van der Waals surface area contributed by atoms with E-state index in [-0.39, 0.29) is 11.8 Å². The van der Waals surface area contributed by atoms with E-state index in [0.29, 0.717) is 23.8 Å². The summed E-state index contributed by atoms with van der Waals surface area (Å²) in [5, 5.41) is 15.5. The average Bonchev–Trinajstić information content (AvgIpc) is 2.77. The van der Waals surface area contributed by atoms with E-state index < -0.39 is 0 Å². The van der Waals surface area contributed by atoms with Crippen LogP contribution in [0.15, 0.2) is 12.3 Å². The third-order valence-corrected chi connectivity index (χ3v) is 4.90. The fraction of sp³-hybridized carbons (Fsp3) is 0.750.